The molecule has 1 aromatic carbocycles. The van der Waals surface area contributed by atoms with E-state index in [1.807, 2.05) is 22.6 Å². The van der Waals surface area contributed by atoms with E-state index >= 15 is 0 Å². The van der Waals surface area contributed by atoms with Crippen molar-refractivity contribution < 1.29 is 31.1 Å². The Hall–Kier alpha value is -2.78. The molecule has 0 radical (unpaired) electrons. The molecule has 0 bridgehead atoms. The van der Waals surface area contributed by atoms with Gasteiger partial charge in [0.2, 0.25) is 0 Å². The van der Waals surface area contributed by atoms with Crippen LogP contribution in [0.2, 0.25) is 0 Å². The lowest BCUT2D eigenvalue weighted by molar-refractivity contribution is -0.143. The van der Waals surface area contributed by atoms with Crippen LogP contribution in [0.3, 0.4) is 0 Å². The number of nitrogens with zero attached hydrogens (tertiary/aromatic N) is 5. The van der Waals surface area contributed by atoms with Gasteiger partial charge in [-0.2, -0.15) is 31.4 Å². The van der Waals surface area contributed by atoms with E-state index in [9.17, 15) is 31.1 Å². The lowest BCUT2D eigenvalue weighted by atomic mass is 10.0. The van der Waals surface area contributed by atoms with E-state index in [-0.39, 0.29) is 17.6 Å². The summed E-state index contributed by atoms with van der Waals surface area (Å²) < 4.78 is 78.7. The first-order chi connectivity index (χ1) is 14.4. The molecule has 7 nitrogen and oxygen atoms in total. The minimum Gasteiger partial charge on any atom is -0.344 e. The minimum atomic E-state index is -5.07. The van der Waals surface area contributed by atoms with Crippen LogP contribution in [0.15, 0.2) is 36.8 Å². The summed E-state index contributed by atoms with van der Waals surface area (Å²) in [5.41, 5.74) is -3.82. The summed E-state index contributed by atoms with van der Waals surface area (Å²) in [5, 5.41) is 10.4. The van der Waals surface area contributed by atoms with Gasteiger partial charge in [-0.15, -0.1) is 9.90 Å². The molecule has 0 aliphatic heterocycles. The topological polar surface area (TPSA) is 85.6 Å². The first-order valence-corrected chi connectivity index (χ1v) is 9.43. The number of alkyl halides is 6. The Kier molecular flexibility index (Phi) is 6.20. The molecule has 1 N–H and O–H groups in total. The maximum atomic E-state index is 13.0. The summed E-state index contributed by atoms with van der Waals surface area (Å²) in [7, 11) is 0. The van der Waals surface area contributed by atoms with Gasteiger partial charge in [-0.1, -0.05) is 0 Å². The van der Waals surface area contributed by atoms with Crippen LogP contribution < -0.4 is 5.32 Å². The van der Waals surface area contributed by atoms with Gasteiger partial charge < -0.3 is 5.32 Å². The van der Waals surface area contributed by atoms with E-state index in [1.165, 1.54) is 25.5 Å². The molecule has 14 heteroatoms. The first-order valence-electron chi connectivity index (χ1n) is 8.35. The molecule has 0 saturated heterocycles. The van der Waals surface area contributed by atoms with Gasteiger partial charge in [-0.05, 0) is 47.7 Å². The molecule has 1 atom stereocenters. The van der Waals surface area contributed by atoms with Crippen LogP contribution in [-0.4, -0.2) is 30.9 Å². The molecule has 0 aliphatic carbocycles. The molecule has 0 spiro atoms. The zero-order valence-electron chi connectivity index (χ0n) is 15.3. The third-order valence-corrected chi connectivity index (χ3v) is 4.46. The van der Waals surface area contributed by atoms with Crippen LogP contribution in [0.1, 0.15) is 40.1 Å². The Morgan fingerprint density at radius 3 is 2.13 bits per heavy atom. The Morgan fingerprint density at radius 2 is 1.61 bits per heavy atom. The molecule has 0 aliphatic rings. The van der Waals surface area contributed by atoms with E-state index in [0.717, 1.165) is 4.80 Å². The monoisotopic (exact) mass is 556 g/mol. The average molecular weight is 556 g/mol. The highest BCUT2D eigenvalue weighted by atomic mass is 127. The standard InChI is InChI=1S/C17H11F6IN6O/c1-8(13-14(26-3-2-25-13)30-27-7-12(24)29-30)28-15(31)9-4-10(16(18,19)20)6-11(5-9)17(21,22)23/h2-8H,1H3,(H,28,31). The third kappa shape index (κ3) is 5.29. The Morgan fingerprint density at radius 1 is 1.03 bits per heavy atom. The number of carbonyl (C=O) groups is 1. The van der Waals surface area contributed by atoms with Crippen molar-refractivity contribution in [3.63, 3.8) is 0 Å². The van der Waals surface area contributed by atoms with Gasteiger partial charge in [-0.3, -0.25) is 9.78 Å². The number of carbonyl (C=O) groups excluding carboxylic acids is 1. The number of hydrogen-bond acceptors (Lipinski definition) is 5. The number of nitrogens with one attached hydrogen (secondary N) is 1. The summed E-state index contributed by atoms with van der Waals surface area (Å²) in [6.07, 6.45) is -6.05. The van der Waals surface area contributed by atoms with Gasteiger partial charge >= 0.3 is 12.4 Å². The Balaban J connectivity index is 1.94. The van der Waals surface area contributed by atoms with Crippen LogP contribution in [0, 0.1) is 3.70 Å². The van der Waals surface area contributed by atoms with Crippen molar-refractivity contribution >= 4 is 28.5 Å². The van der Waals surface area contributed by atoms with Crippen molar-refractivity contribution in [2.75, 3.05) is 0 Å². The largest absolute Gasteiger partial charge is 0.416 e. The molecule has 3 rings (SSSR count). The summed E-state index contributed by atoms with van der Waals surface area (Å²) in [4.78, 5) is 21.8. The van der Waals surface area contributed by atoms with Crippen molar-refractivity contribution in [3.8, 4) is 5.82 Å². The smallest absolute Gasteiger partial charge is 0.344 e. The van der Waals surface area contributed by atoms with Crippen LogP contribution in [-0.2, 0) is 12.4 Å². The van der Waals surface area contributed by atoms with Crippen molar-refractivity contribution in [1.82, 2.24) is 30.3 Å². The molecular weight excluding hydrogens is 545 g/mol. The van der Waals surface area contributed by atoms with Gasteiger partial charge in [0.05, 0.1) is 23.4 Å². The second-order valence-corrected chi connectivity index (χ2v) is 7.32. The van der Waals surface area contributed by atoms with Gasteiger partial charge in [-0.25, -0.2) is 4.98 Å². The van der Waals surface area contributed by atoms with Crippen molar-refractivity contribution in [2.45, 2.75) is 25.3 Å². The summed E-state index contributed by atoms with van der Waals surface area (Å²) in [5.74, 6) is -1.01. The minimum absolute atomic E-state index is 0.0496. The highest BCUT2D eigenvalue weighted by Gasteiger charge is 2.37. The highest BCUT2D eigenvalue weighted by molar-refractivity contribution is 14.1. The van der Waals surface area contributed by atoms with Crippen LogP contribution in [0.25, 0.3) is 5.82 Å². The lowest BCUT2D eigenvalue weighted by Gasteiger charge is -2.17. The SMILES string of the molecule is CC(NC(=O)c1cc(C(F)(F)F)cc(C(F)(F)F)c1)c1nccnc1-n1ncc(I)n1. The van der Waals surface area contributed by atoms with Crippen molar-refractivity contribution in [2.24, 2.45) is 0 Å². The molecule has 164 valence electrons. The Labute approximate surface area is 184 Å². The summed E-state index contributed by atoms with van der Waals surface area (Å²) in [6, 6.07) is -0.284. The number of rotatable bonds is 4. The molecule has 1 unspecified atom stereocenters. The van der Waals surface area contributed by atoms with Crippen molar-refractivity contribution in [1.29, 1.82) is 0 Å². The van der Waals surface area contributed by atoms with E-state index in [1.54, 1.807) is 0 Å². The summed E-state index contributed by atoms with van der Waals surface area (Å²) in [6.45, 7) is 1.44. The molecule has 0 saturated carbocycles. The van der Waals surface area contributed by atoms with E-state index in [4.69, 9.17) is 0 Å². The second kappa shape index (κ2) is 8.39. The van der Waals surface area contributed by atoms with Gasteiger partial charge in [0.1, 0.15) is 9.39 Å². The quantitative estimate of drug-likeness (QED) is 0.385. The maximum absolute atomic E-state index is 13.0. The van der Waals surface area contributed by atoms with E-state index < -0.39 is 41.0 Å². The van der Waals surface area contributed by atoms with Gasteiger partial charge in [0.15, 0.2) is 5.82 Å². The van der Waals surface area contributed by atoms with Gasteiger partial charge in [0, 0.05) is 18.0 Å². The molecule has 0 fully saturated rings. The van der Waals surface area contributed by atoms with Crippen LogP contribution in [0.4, 0.5) is 26.3 Å². The fraction of sp³-hybridized carbons (Fsp3) is 0.235. The molecule has 1 amide bonds. The average Bonchev–Trinajstić information content (AvgIpc) is 3.12. The van der Waals surface area contributed by atoms with Crippen LogP contribution >= 0.6 is 22.6 Å². The number of hydrogen-bond donors (Lipinski definition) is 1. The van der Waals surface area contributed by atoms with Gasteiger partial charge in [0.25, 0.3) is 5.91 Å². The maximum Gasteiger partial charge on any atom is 0.416 e. The molecular formula is C17H11F6IN6O. The van der Waals surface area contributed by atoms with E-state index in [0.29, 0.717) is 15.8 Å². The molecule has 2 heterocycles. The Bertz CT molecular complexity index is 1080. The number of amides is 1. The molecule has 3 aromatic rings. The fourth-order valence-electron chi connectivity index (χ4n) is 2.58. The lowest BCUT2D eigenvalue weighted by Crippen LogP contribution is -2.29. The fourth-order valence-corrected chi connectivity index (χ4v) is 2.91. The number of benzene rings is 1. The highest BCUT2D eigenvalue weighted by Crippen LogP contribution is 2.36. The zero-order valence-corrected chi connectivity index (χ0v) is 17.5. The second-order valence-electron chi connectivity index (χ2n) is 6.21. The number of aromatic nitrogens is 5. The normalized spacial score (nSPS) is 13.2. The predicted molar refractivity (Wildman–Crippen MR) is 102 cm³/mol. The molecule has 31 heavy (non-hydrogen) atoms. The first kappa shape index (κ1) is 22.9. The predicted octanol–water partition coefficient (Wildman–Crippen LogP) is 4.19. The van der Waals surface area contributed by atoms with E-state index in [2.05, 4.69) is 25.5 Å². The molecule has 2 aromatic heterocycles. The third-order valence-electron chi connectivity index (χ3n) is 3.97. The zero-order chi connectivity index (χ0) is 23.0. The summed E-state index contributed by atoms with van der Waals surface area (Å²) >= 11 is 1.91. The van der Waals surface area contributed by atoms with Crippen molar-refractivity contribution in [3.05, 3.63) is 62.9 Å². The number of halogens is 7. The van der Waals surface area contributed by atoms with Crippen LogP contribution in [0.5, 0.6) is 0 Å².